The van der Waals surface area contributed by atoms with Gasteiger partial charge in [0.05, 0.1) is 5.52 Å². The van der Waals surface area contributed by atoms with Crippen molar-refractivity contribution < 1.29 is 8.76 Å². The Morgan fingerprint density at radius 3 is 2.48 bits per heavy atom. The predicted octanol–water partition coefficient (Wildman–Crippen LogP) is 3.93. The minimum atomic E-state index is -2.10. The quantitative estimate of drug-likeness (QED) is 0.547. The lowest BCUT2D eigenvalue weighted by molar-refractivity contribution is 0.536. The summed E-state index contributed by atoms with van der Waals surface area (Å²) in [6.07, 6.45) is 3.49. The second-order valence-electron chi connectivity index (χ2n) is 6.21. The van der Waals surface area contributed by atoms with Crippen LogP contribution >= 0.6 is 0 Å². The van der Waals surface area contributed by atoms with Crippen molar-refractivity contribution in [3.05, 3.63) is 78.6 Å². The molecule has 1 atom stereocenters. The van der Waals surface area contributed by atoms with E-state index in [-0.39, 0.29) is 5.75 Å². The van der Waals surface area contributed by atoms with E-state index in [2.05, 4.69) is 9.97 Å². The molecule has 0 radical (unpaired) electrons. The molecule has 2 aromatic carbocycles. The fourth-order valence-corrected chi connectivity index (χ4v) is 3.50. The minimum absolute atomic E-state index is 0.0106. The molecule has 0 saturated heterocycles. The van der Waals surface area contributed by atoms with Crippen molar-refractivity contribution in [2.24, 2.45) is 0 Å². The van der Waals surface area contributed by atoms with Gasteiger partial charge in [0.1, 0.15) is 5.82 Å². The maximum Gasteiger partial charge on any atom is 0.131 e. The zero-order valence-corrected chi connectivity index (χ0v) is 15.1. The van der Waals surface area contributed by atoms with E-state index in [9.17, 15) is 8.76 Å². The van der Waals surface area contributed by atoms with E-state index in [1.165, 1.54) is 0 Å². The average Bonchev–Trinajstić information content (AvgIpc) is 2.68. The molecule has 0 fully saturated rings. The van der Waals surface area contributed by atoms with Gasteiger partial charge in [-0.05, 0) is 41.0 Å². The average molecular weight is 374 g/mol. The summed E-state index contributed by atoms with van der Waals surface area (Å²) in [5, 5.41) is 1.04. The maximum absolute atomic E-state index is 10.8. The van der Waals surface area contributed by atoms with Gasteiger partial charge >= 0.3 is 0 Å². The van der Waals surface area contributed by atoms with E-state index in [0.29, 0.717) is 5.82 Å². The molecule has 6 heteroatoms. The van der Waals surface area contributed by atoms with Crippen LogP contribution in [0.2, 0.25) is 0 Å². The molecule has 0 aliphatic rings. The molecule has 2 aromatic heterocycles. The van der Waals surface area contributed by atoms with Gasteiger partial charge in [-0.3, -0.25) is 9.19 Å². The Labute approximate surface area is 159 Å². The Morgan fingerprint density at radius 2 is 1.70 bits per heavy atom. The van der Waals surface area contributed by atoms with Gasteiger partial charge in [-0.25, -0.2) is 4.98 Å². The van der Waals surface area contributed by atoms with Gasteiger partial charge in [0.2, 0.25) is 0 Å². The number of nitrogens with zero attached hydrogens (tertiary/aromatic N) is 2. The molecular formula is C21H16N3O2S-. The number of rotatable bonds is 4. The van der Waals surface area contributed by atoms with Crippen LogP contribution in [-0.4, -0.2) is 18.7 Å². The van der Waals surface area contributed by atoms with E-state index >= 15 is 0 Å². The van der Waals surface area contributed by atoms with E-state index < -0.39 is 11.1 Å². The molecule has 27 heavy (non-hydrogen) atoms. The molecule has 0 aliphatic heterocycles. The number of benzene rings is 2. The summed E-state index contributed by atoms with van der Waals surface area (Å²) >= 11 is -2.10. The number of nitrogen functional groups attached to an aromatic ring is 1. The van der Waals surface area contributed by atoms with Crippen molar-refractivity contribution in [2.45, 2.75) is 5.75 Å². The van der Waals surface area contributed by atoms with Crippen LogP contribution in [0.1, 0.15) is 5.56 Å². The summed E-state index contributed by atoms with van der Waals surface area (Å²) in [4.78, 5) is 8.69. The lowest BCUT2D eigenvalue weighted by atomic mass is 9.99. The van der Waals surface area contributed by atoms with Gasteiger partial charge < -0.3 is 10.3 Å². The van der Waals surface area contributed by atoms with Crippen LogP contribution in [0, 0.1) is 0 Å². The zero-order valence-electron chi connectivity index (χ0n) is 14.3. The number of anilines is 1. The molecule has 0 saturated carbocycles. The lowest BCUT2D eigenvalue weighted by Crippen LogP contribution is -1.96. The number of fused-ring (bicyclic) bond motifs is 1. The topological polar surface area (TPSA) is 91.9 Å². The van der Waals surface area contributed by atoms with Gasteiger partial charge in [-0.1, -0.05) is 47.5 Å². The first-order chi connectivity index (χ1) is 13.1. The van der Waals surface area contributed by atoms with Crippen molar-refractivity contribution in [2.75, 3.05) is 5.73 Å². The predicted molar refractivity (Wildman–Crippen MR) is 107 cm³/mol. The molecular weight excluding hydrogens is 358 g/mol. The molecule has 0 aliphatic carbocycles. The molecule has 2 heterocycles. The molecule has 4 aromatic rings. The Hall–Kier alpha value is -3.09. The Morgan fingerprint density at radius 1 is 0.926 bits per heavy atom. The molecule has 0 spiro atoms. The van der Waals surface area contributed by atoms with E-state index in [1.54, 1.807) is 12.4 Å². The van der Waals surface area contributed by atoms with E-state index in [1.807, 2.05) is 60.7 Å². The molecule has 0 bridgehead atoms. The van der Waals surface area contributed by atoms with Gasteiger partial charge in [0.15, 0.2) is 0 Å². The molecule has 4 rings (SSSR count). The Bertz CT molecular complexity index is 1140. The van der Waals surface area contributed by atoms with Gasteiger partial charge in [0.25, 0.3) is 0 Å². The number of aromatic nitrogens is 2. The molecule has 5 nitrogen and oxygen atoms in total. The highest BCUT2D eigenvalue weighted by Crippen LogP contribution is 2.31. The van der Waals surface area contributed by atoms with Gasteiger partial charge in [0, 0.05) is 34.7 Å². The van der Waals surface area contributed by atoms with Crippen LogP contribution in [-0.2, 0) is 16.8 Å². The third-order valence-corrected chi connectivity index (χ3v) is 4.97. The SMILES string of the molecule is Nc1ncc(-c2ccc(CS(=O)[O-])cc2)cc1-c1ccc2ncccc2c1. The minimum Gasteiger partial charge on any atom is -0.772 e. The van der Waals surface area contributed by atoms with Crippen molar-refractivity contribution in [3.63, 3.8) is 0 Å². The number of pyridine rings is 2. The molecule has 1 unspecified atom stereocenters. The van der Waals surface area contributed by atoms with Gasteiger partial charge in [-0.2, -0.15) is 0 Å². The standard InChI is InChI=1S/C21H17N3O2S/c22-21-19(16-7-8-20-17(10-16)2-1-9-23-20)11-18(12-24-21)15-5-3-14(4-6-15)13-27(25)26/h1-12H,13H2,(H2,22,24)(H,25,26)/p-1. The molecule has 0 amide bonds. The van der Waals surface area contributed by atoms with E-state index in [4.69, 9.17) is 5.73 Å². The second-order valence-corrected chi connectivity index (χ2v) is 7.11. The monoisotopic (exact) mass is 374 g/mol. The highest BCUT2D eigenvalue weighted by molar-refractivity contribution is 7.78. The highest BCUT2D eigenvalue weighted by atomic mass is 32.2. The van der Waals surface area contributed by atoms with Crippen LogP contribution in [0.25, 0.3) is 33.2 Å². The van der Waals surface area contributed by atoms with Crippen LogP contribution in [0.5, 0.6) is 0 Å². The lowest BCUT2D eigenvalue weighted by Gasteiger charge is -2.10. The smallest absolute Gasteiger partial charge is 0.131 e. The first-order valence-electron chi connectivity index (χ1n) is 8.36. The normalized spacial score (nSPS) is 12.2. The summed E-state index contributed by atoms with van der Waals surface area (Å²) in [7, 11) is 0. The molecule has 2 N–H and O–H groups in total. The Balaban J connectivity index is 1.73. The van der Waals surface area contributed by atoms with Crippen molar-refractivity contribution in [3.8, 4) is 22.3 Å². The van der Waals surface area contributed by atoms with Crippen LogP contribution in [0.15, 0.2) is 73.1 Å². The van der Waals surface area contributed by atoms with Gasteiger partial charge in [-0.15, -0.1) is 0 Å². The maximum atomic E-state index is 10.8. The van der Waals surface area contributed by atoms with Crippen LogP contribution < -0.4 is 5.73 Å². The zero-order chi connectivity index (χ0) is 18.8. The summed E-state index contributed by atoms with van der Waals surface area (Å²) in [5.74, 6) is 0.469. The first kappa shape index (κ1) is 17.3. The largest absolute Gasteiger partial charge is 0.772 e. The van der Waals surface area contributed by atoms with Crippen LogP contribution in [0.3, 0.4) is 0 Å². The number of hydrogen-bond donors (Lipinski definition) is 1. The second kappa shape index (κ2) is 7.26. The van der Waals surface area contributed by atoms with Crippen molar-refractivity contribution in [1.29, 1.82) is 0 Å². The highest BCUT2D eigenvalue weighted by Gasteiger charge is 2.08. The number of hydrogen-bond acceptors (Lipinski definition) is 5. The summed E-state index contributed by atoms with van der Waals surface area (Å²) in [6, 6.07) is 19.3. The summed E-state index contributed by atoms with van der Waals surface area (Å²) < 4.78 is 21.7. The fourth-order valence-electron chi connectivity index (χ4n) is 3.04. The fraction of sp³-hybridized carbons (Fsp3) is 0.0476. The van der Waals surface area contributed by atoms with E-state index in [0.717, 1.165) is 38.7 Å². The summed E-state index contributed by atoms with van der Waals surface area (Å²) in [6.45, 7) is 0. The molecule has 134 valence electrons. The van der Waals surface area contributed by atoms with Crippen molar-refractivity contribution >= 4 is 27.8 Å². The van der Waals surface area contributed by atoms with Crippen molar-refractivity contribution in [1.82, 2.24) is 9.97 Å². The van der Waals surface area contributed by atoms with Crippen LogP contribution in [0.4, 0.5) is 5.82 Å². The summed E-state index contributed by atoms with van der Waals surface area (Å²) in [5.41, 5.74) is 11.5. The first-order valence-corrected chi connectivity index (χ1v) is 9.60. The Kier molecular flexibility index (Phi) is 4.66. The third kappa shape index (κ3) is 3.72. The third-order valence-electron chi connectivity index (χ3n) is 4.40. The number of nitrogens with two attached hydrogens (primary N) is 1.